The first kappa shape index (κ1) is 17.7. The van der Waals surface area contributed by atoms with Gasteiger partial charge in [-0.3, -0.25) is 10.1 Å². The summed E-state index contributed by atoms with van der Waals surface area (Å²) in [5.74, 6) is -0.611. The third-order valence-corrected chi connectivity index (χ3v) is 2.43. The Balaban J connectivity index is 3.20. The predicted octanol–water partition coefficient (Wildman–Crippen LogP) is 4.42. The van der Waals surface area contributed by atoms with E-state index in [1.54, 1.807) is 20.8 Å². The molecule has 0 heterocycles. The van der Waals surface area contributed by atoms with Crippen LogP contribution in [0, 0.1) is 0 Å². The van der Waals surface area contributed by atoms with E-state index in [2.05, 4.69) is 11.9 Å². The minimum atomic E-state index is -4.60. The van der Waals surface area contributed by atoms with Crippen LogP contribution < -0.4 is 5.32 Å². The Labute approximate surface area is 126 Å². The van der Waals surface area contributed by atoms with Crippen LogP contribution in [0.3, 0.4) is 0 Å². The van der Waals surface area contributed by atoms with Gasteiger partial charge < -0.3 is 4.74 Å². The Morgan fingerprint density at radius 2 is 1.82 bits per heavy atom. The van der Waals surface area contributed by atoms with E-state index in [0.717, 1.165) is 18.2 Å². The van der Waals surface area contributed by atoms with Crippen LogP contribution in [-0.2, 0) is 10.9 Å². The highest BCUT2D eigenvalue weighted by molar-refractivity contribution is 6.09. The predicted molar refractivity (Wildman–Crippen MR) is 75.8 cm³/mol. The van der Waals surface area contributed by atoms with Gasteiger partial charge in [0.25, 0.3) is 0 Å². The molecule has 0 spiro atoms. The van der Waals surface area contributed by atoms with E-state index in [0.29, 0.717) is 6.07 Å². The quantitative estimate of drug-likeness (QED) is 0.663. The average molecular weight is 315 g/mol. The second-order valence-corrected chi connectivity index (χ2v) is 5.45. The van der Waals surface area contributed by atoms with Gasteiger partial charge >= 0.3 is 12.3 Å². The molecule has 1 amide bonds. The molecule has 0 saturated heterocycles. The fourth-order valence-corrected chi connectivity index (χ4v) is 1.56. The lowest BCUT2D eigenvalue weighted by atomic mass is 10.0. The average Bonchev–Trinajstić information content (AvgIpc) is 2.34. The summed E-state index contributed by atoms with van der Waals surface area (Å²) in [5, 5.41) is 2.17. The highest BCUT2D eigenvalue weighted by Gasteiger charge is 2.31. The Kier molecular flexibility index (Phi) is 5.01. The van der Waals surface area contributed by atoms with Crippen LogP contribution >= 0.6 is 0 Å². The third-order valence-electron chi connectivity index (χ3n) is 2.43. The van der Waals surface area contributed by atoms with Crippen molar-refractivity contribution in [3.05, 3.63) is 42.0 Å². The molecular weight excluding hydrogens is 299 g/mol. The zero-order chi connectivity index (χ0) is 17.1. The fourth-order valence-electron chi connectivity index (χ4n) is 1.56. The summed E-state index contributed by atoms with van der Waals surface area (Å²) in [6.45, 7) is 8.09. The maximum Gasteiger partial charge on any atom is 0.416 e. The summed E-state index contributed by atoms with van der Waals surface area (Å²) in [6.07, 6.45) is -4.60. The van der Waals surface area contributed by atoms with Crippen LogP contribution in [0.15, 0.2) is 30.9 Å². The Morgan fingerprint density at radius 3 is 2.27 bits per heavy atom. The number of halogens is 3. The van der Waals surface area contributed by atoms with Crippen LogP contribution in [0.25, 0.3) is 0 Å². The normalized spacial score (nSPS) is 11.7. The number of nitrogens with one attached hydrogen (secondary N) is 1. The van der Waals surface area contributed by atoms with Gasteiger partial charge in [0, 0.05) is 5.56 Å². The van der Waals surface area contributed by atoms with Crippen molar-refractivity contribution in [3.63, 3.8) is 0 Å². The van der Waals surface area contributed by atoms with Crippen molar-refractivity contribution >= 4 is 17.6 Å². The van der Waals surface area contributed by atoms with E-state index < -0.39 is 29.2 Å². The van der Waals surface area contributed by atoms with Gasteiger partial charge in [-0.2, -0.15) is 13.2 Å². The van der Waals surface area contributed by atoms with Crippen LogP contribution in [0.2, 0.25) is 0 Å². The second kappa shape index (κ2) is 6.21. The van der Waals surface area contributed by atoms with E-state index in [1.807, 2.05) is 0 Å². The minimum absolute atomic E-state index is 0.103. The minimum Gasteiger partial charge on any atom is -0.444 e. The first-order valence-electron chi connectivity index (χ1n) is 6.32. The summed E-state index contributed by atoms with van der Waals surface area (Å²) >= 11 is 0. The van der Waals surface area contributed by atoms with Gasteiger partial charge in [0.15, 0.2) is 5.78 Å². The molecule has 1 N–H and O–H groups in total. The maximum absolute atomic E-state index is 12.7. The molecule has 0 aliphatic carbocycles. The van der Waals surface area contributed by atoms with E-state index in [-0.39, 0.29) is 11.3 Å². The SMILES string of the molecule is C=CC(=O)c1ccc(C(F)(F)F)cc1NC(=O)OC(C)(C)C. The molecule has 120 valence electrons. The number of anilines is 1. The molecule has 22 heavy (non-hydrogen) atoms. The van der Waals surface area contributed by atoms with Gasteiger partial charge in [-0.25, -0.2) is 4.79 Å². The molecule has 0 aromatic heterocycles. The smallest absolute Gasteiger partial charge is 0.416 e. The molecule has 0 atom stereocenters. The molecule has 1 aromatic rings. The summed E-state index contributed by atoms with van der Waals surface area (Å²) in [6, 6.07) is 2.43. The zero-order valence-electron chi connectivity index (χ0n) is 12.4. The molecule has 0 saturated carbocycles. The van der Waals surface area contributed by atoms with Gasteiger partial charge in [-0.05, 0) is 45.0 Å². The summed E-state index contributed by atoms with van der Waals surface area (Å²) in [4.78, 5) is 23.4. The molecule has 4 nitrogen and oxygen atoms in total. The van der Waals surface area contributed by atoms with Gasteiger partial charge in [0.05, 0.1) is 11.3 Å². The Bertz CT molecular complexity index is 601. The lowest BCUT2D eigenvalue weighted by Crippen LogP contribution is -2.27. The van der Waals surface area contributed by atoms with E-state index in [1.165, 1.54) is 0 Å². The number of carbonyl (C=O) groups is 2. The molecule has 0 bridgehead atoms. The number of carbonyl (C=O) groups excluding carboxylic acids is 2. The number of hydrogen-bond donors (Lipinski definition) is 1. The number of benzene rings is 1. The topological polar surface area (TPSA) is 55.4 Å². The molecule has 1 aromatic carbocycles. The number of amides is 1. The zero-order valence-corrected chi connectivity index (χ0v) is 12.4. The molecule has 0 fully saturated rings. The first-order valence-corrected chi connectivity index (χ1v) is 6.32. The van der Waals surface area contributed by atoms with Crippen molar-refractivity contribution in [3.8, 4) is 0 Å². The largest absolute Gasteiger partial charge is 0.444 e. The van der Waals surface area contributed by atoms with Crippen molar-refractivity contribution in [2.75, 3.05) is 5.32 Å². The lowest BCUT2D eigenvalue weighted by Gasteiger charge is -2.20. The number of ketones is 1. The molecule has 1 rings (SSSR count). The highest BCUT2D eigenvalue weighted by Crippen LogP contribution is 2.32. The highest BCUT2D eigenvalue weighted by atomic mass is 19.4. The van der Waals surface area contributed by atoms with Gasteiger partial charge in [-0.1, -0.05) is 6.58 Å². The van der Waals surface area contributed by atoms with Crippen molar-refractivity contribution in [1.82, 2.24) is 0 Å². The standard InChI is InChI=1S/C15H16F3NO3/c1-5-12(20)10-7-6-9(15(16,17)18)8-11(10)19-13(21)22-14(2,3)4/h5-8H,1H2,2-4H3,(H,19,21). The molecular formula is C15H16F3NO3. The number of allylic oxidation sites excluding steroid dienone is 1. The number of hydrogen-bond acceptors (Lipinski definition) is 3. The third kappa shape index (κ3) is 4.91. The van der Waals surface area contributed by atoms with Crippen molar-refractivity contribution in [2.24, 2.45) is 0 Å². The van der Waals surface area contributed by atoms with Crippen molar-refractivity contribution in [2.45, 2.75) is 32.5 Å². The van der Waals surface area contributed by atoms with E-state index in [9.17, 15) is 22.8 Å². The van der Waals surface area contributed by atoms with Crippen LogP contribution in [0.5, 0.6) is 0 Å². The summed E-state index contributed by atoms with van der Waals surface area (Å²) in [7, 11) is 0. The molecule has 0 unspecified atom stereocenters. The number of ether oxygens (including phenoxy) is 1. The molecule has 7 heteroatoms. The summed E-state index contributed by atoms with van der Waals surface area (Å²) < 4.78 is 43.2. The van der Waals surface area contributed by atoms with Crippen molar-refractivity contribution in [1.29, 1.82) is 0 Å². The van der Waals surface area contributed by atoms with Crippen molar-refractivity contribution < 1.29 is 27.5 Å². The second-order valence-electron chi connectivity index (χ2n) is 5.45. The van der Waals surface area contributed by atoms with Crippen LogP contribution in [0.4, 0.5) is 23.7 Å². The number of rotatable bonds is 3. The first-order chi connectivity index (χ1) is 9.94. The lowest BCUT2D eigenvalue weighted by molar-refractivity contribution is -0.137. The molecule has 0 aliphatic heterocycles. The monoisotopic (exact) mass is 315 g/mol. The van der Waals surface area contributed by atoms with Gasteiger partial charge in [0.2, 0.25) is 0 Å². The van der Waals surface area contributed by atoms with Gasteiger partial charge in [0.1, 0.15) is 5.60 Å². The van der Waals surface area contributed by atoms with E-state index in [4.69, 9.17) is 4.74 Å². The molecule has 0 radical (unpaired) electrons. The fraction of sp³-hybridized carbons (Fsp3) is 0.333. The Morgan fingerprint density at radius 1 is 1.23 bits per heavy atom. The summed E-state index contributed by atoms with van der Waals surface area (Å²) in [5.41, 5.74) is -2.20. The molecule has 0 aliphatic rings. The van der Waals surface area contributed by atoms with E-state index >= 15 is 0 Å². The maximum atomic E-state index is 12.7. The van der Waals surface area contributed by atoms with Gasteiger partial charge in [-0.15, -0.1) is 0 Å². The Hall–Kier alpha value is -2.31. The number of alkyl halides is 3. The van der Waals surface area contributed by atoms with Crippen LogP contribution in [0.1, 0.15) is 36.7 Å². The van der Waals surface area contributed by atoms with Crippen LogP contribution in [-0.4, -0.2) is 17.5 Å².